The summed E-state index contributed by atoms with van der Waals surface area (Å²) >= 11 is 0. The van der Waals surface area contributed by atoms with E-state index in [4.69, 9.17) is 15.7 Å². The number of terminal acetylenes is 1. The van der Waals surface area contributed by atoms with Crippen molar-refractivity contribution in [3.05, 3.63) is 29.7 Å². The van der Waals surface area contributed by atoms with Gasteiger partial charge in [-0.05, 0) is 18.2 Å². The van der Waals surface area contributed by atoms with E-state index in [2.05, 4.69) is 16.1 Å². The number of aromatic nitrogens is 2. The number of aryl methyl sites for hydroxylation is 1. The number of benzene rings is 1. The van der Waals surface area contributed by atoms with Crippen LogP contribution in [0, 0.1) is 19.3 Å². The topological polar surface area (TPSA) is 48.2 Å². The van der Waals surface area contributed by atoms with Crippen LogP contribution in [0.3, 0.4) is 0 Å². The van der Waals surface area contributed by atoms with E-state index in [1.165, 1.54) is 0 Å². The third kappa shape index (κ3) is 1.75. The first-order chi connectivity index (χ1) is 7.74. The van der Waals surface area contributed by atoms with Crippen molar-refractivity contribution in [1.82, 2.24) is 10.1 Å². The fourth-order valence-corrected chi connectivity index (χ4v) is 1.37. The standard InChI is InChI=1S/C12H10N2O2/c1-4-9-5-6-10(7-11(9)15-3)12-13-8(2)16-14-12/h1,5-7H,2-3H3. The minimum Gasteiger partial charge on any atom is -0.495 e. The first-order valence-corrected chi connectivity index (χ1v) is 4.70. The van der Waals surface area contributed by atoms with Crippen molar-refractivity contribution in [2.24, 2.45) is 0 Å². The summed E-state index contributed by atoms with van der Waals surface area (Å²) in [5.41, 5.74) is 1.51. The number of ether oxygens (including phenoxy) is 1. The Kier molecular flexibility index (Phi) is 2.61. The summed E-state index contributed by atoms with van der Waals surface area (Å²) in [7, 11) is 1.57. The Morgan fingerprint density at radius 3 is 2.81 bits per heavy atom. The molecule has 2 rings (SSSR count). The number of nitrogens with zero attached hydrogens (tertiary/aromatic N) is 2. The van der Waals surface area contributed by atoms with E-state index in [1.54, 1.807) is 26.2 Å². The maximum atomic E-state index is 5.34. The minimum absolute atomic E-state index is 0.523. The summed E-state index contributed by atoms with van der Waals surface area (Å²) in [4.78, 5) is 4.13. The summed E-state index contributed by atoms with van der Waals surface area (Å²) in [5.74, 6) is 4.22. The summed E-state index contributed by atoms with van der Waals surface area (Å²) in [6.07, 6.45) is 5.34. The number of rotatable bonds is 2. The molecule has 1 aromatic carbocycles. The first-order valence-electron chi connectivity index (χ1n) is 4.70. The Morgan fingerprint density at radius 2 is 2.25 bits per heavy atom. The Hall–Kier alpha value is -2.28. The zero-order chi connectivity index (χ0) is 11.5. The Morgan fingerprint density at radius 1 is 1.44 bits per heavy atom. The monoisotopic (exact) mass is 214 g/mol. The SMILES string of the molecule is C#Cc1ccc(-c2noc(C)n2)cc1OC. The Labute approximate surface area is 93.2 Å². The first kappa shape index (κ1) is 10.2. The third-order valence-corrected chi connectivity index (χ3v) is 2.14. The van der Waals surface area contributed by atoms with Gasteiger partial charge < -0.3 is 9.26 Å². The summed E-state index contributed by atoms with van der Waals surface area (Å²) in [5, 5.41) is 3.82. The lowest BCUT2D eigenvalue weighted by Crippen LogP contribution is -1.89. The molecule has 4 heteroatoms. The molecule has 0 amide bonds. The highest BCUT2D eigenvalue weighted by Crippen LogP contribution is 2.24. The van der Waals surface area contributed by atoms with Gasteiger partial charge in [-0.2, -0.15) is 4.98 Å². The largest absolute Gasteiger partial charge is 0.495 e. The van der Waals surface area contributed by atoms with Gasteiger partial charge in [0.2, 0.25) is 11.7 Å². The van der Waals surface area contributed by atoms with Crippen LogP contribution in [-0.4, -0.2) is 17.3 Å². The van der Waals surface area contributed by atoms with Gasteiger partial charge in [-0.3, -0.25) is 0 Å². The van der Waals surface area contributed by atoms with Crippen molar-refractivity contribution in [2.75, 3.05) is 7.11 Å². The molecular formula is C12H10N2O2. The van der Waals surface area contributed by atoms with Gasteiger partial charge in [-0.15, -0.1) is 6.42 Å². The molecular weight excluding hydrogens is 204 g/mol. The lowest BCUT2D eigenvalue weighted by Gasteiger charge is -2.04. The second kappa shape index (κ2) is 4.07. The highest BCUT2D eigenvalue weighted by molar-refractivity contribution is 5.61. The second-order valence-electron chi connectivity index (χ2n) is 3.20. The molecule has 2 aromatic rings. The molecule has 0 N–H and O–H groups in total. The van der Waals surface area contributed by atoms with Crippen LogP contribution < -0.4 is 4.74 Å². The molecule has 0 fully saturated rings. The van der Waals surface area contributed by atoms with Crippen molar-refractivity contribution in [3.63, 3.8) is 0 Å². The fourth-order valence-electron chi connectivity index (χ4n) is 1.37. The van der Waals surface area contributed by atoms with E-state index in [0.717, 1.165) is 5.56 Å². The van der Waals surface area contributed by atoms with E-state index in [9.17, 15) is 0 Å². The lowest BCUT2D eigenvalue weighted by molar-refractivity contribution is 0.394. The van der Waals surface area contributed by atoms with Gasteiger partial charge in [0, 0.05) is 12.5 Å². The van der Waals surface area contributed by atoms with E-state index >= 15 is 0 Å². The zero-order valence-electron chi connectivity index (χ0n) is 9.02. The molecule has 1 aromatic heterocycles. The van der Waals surface area contributed by atoms with Crippen LogP contribution in [0.4, 0.5) is 0 Å². The molecule has 4 nitrogen and oxygen atoms in total. The highest BCUT2D eigenvalue weighted by Gasteiger charge is 2.08. The summed E-state index contributed by atoms with van der Waals surface area (Å²) < 4.78 is 10.1. The van der Waals surface area contributed by atoms with Crippen LogP contribution in [0.5, 0.6) is 5.75 Å². The van der Waals surface area contributed by atoms with Crippen LogP contribution in [0.15, 0.2) is 22.7 Å². The Bertz CT molecular complexity index is 552. The molecule has 0 aliphatic carbocycles. The summed E-state index contributed by atoms with van der Waals surface area (Å²) in [6.45, 7) is 1.74. The maximum absolute atomic E-state index is 5.34. The third-order valence-electron chi connectivity index (χ3n) is 2.14. The normalized spacial score (nSPS) is 9.81. The van der Waals surface area contributed by atoms with Crippen molar-refractivity contribution in [1.29, 1.82) is 0 Å². The average Bonchev–Trinajstić information content (AvgIpc) is 2.75. The van der Waals surface area contributed by atoms with Crippen LogP contribution >= 0.6 is 0 Å². The van der Waals surface area contributed by atoms with E-state index in [0.29, 0.717) is 23.0 Å². The van der Waals surface area contributed by atoms with Gasteiger partial charge >= 0.3 is 0 Å². The minimum atomic E-state index is 0.523. The molecule has 0 unspecified atom stereocenters. The molecule has 0 aliphatic rings. The molecule has 1 heterocycles. The molecule has 0 atom stereocenters. The number of hydrogen-bond acceptors (Lipinski definition) is 4. The van der Waals surface area contributed by atoms with Gasteiger partial charge in [0.15, 0.2) is 0 Å². The predicted octanol–water partition coefficient (Wildman–Crippen LogP) is 2.03. The molecule has 0 aliphatic heterocycles. The lowest BCUT2D eigenvalue weighted by atomic mass is 10.1. The van der Waals surface area contributed by atoms with Crippen LogP contribution in [-0.2, 0) is 0 Å². The predicted molar refractivity (Wildman–Crippen MR) is 59.0 cm³/mol. The van der Waals surface area contributed by atoms with Crippen LogP contribution in [0.2, 0.25) is 0 Å². The summed E-state index contributed by atoms with van der Waals surface area (Å²) in [6, 6.07) is 5.42. The highest BCUT2D eigenvalue weighted by atomic mass is 16.5. The van der Waals surface area contributed by atoms with Crippen molar-refractivity contribution < 1.29 is 9.26 Å². The van der Waals surface area contributed by atoms with Gasteiger partial charge in [0.25, 0.3) is 0 Å². The molecule has 0 saturated heterocycles. The fraction of sp³-hybridized carbons (Fsp3) is 0.167. The Balaban J connectivity index is 2.48. The van der Waals surface area contributed by atoms with Gasteiger partial charge in [-0.25, -0.2) is 0 Å². The number of hydrogen-bond donors (Lipinski definition) is 0. The quantitative estimate of drug-likeness (QED) is 0.718. The van der Waals surface area contributed by atoms with Gasteiger partial charge in [0.1, 0.15) is 5.75 Å². The number of methoxy groups -OCH3 is 1. The molecule has 0 saturated carbocycles. The molecule has 80 valence electrons. The zero-order valence-corrected chi connectivity index (χ0v) is 9.02. The maximum Gasteiger partial charge on any atom is 0.223 e. The molecule has 0 bridgehead atoms. The molecule has 0 spiro atoms. The van der Waals surface area contributed by atoms with Gasteiger partial charge in [0.05, 0.1) is 12.7 Å². The van der Waals surface area contributed by atoms with Crippen LogP contribution in [0.1, 0.15) is 11.5 Å². The smallest absolute Gasteiger partial charge is 0.223 e. The van der Waals surface area contributed by atoms with Gasteiger partial charge in [-0.1, -0.05) is 11.1 Å². The van der Waals surface area contributed by atoms with Crippen LogP contribution in [0.25, 0.3) is 11.4 Å². The molecule has 0 radical (unpaired) electrons. The van der Waals surface area contributed by atoms with E-state index in [-0.39, 0.29) is 0 Å². The van der Waals surface area contributed by atoms with Crippen molar-refractivity contribution in [3.8, 4) is 29.5 Å². The second-order valence-corrected chi connectivity index (χ2v) is 3.20. The van der Waals surface area contributed by atoms with Crippen molar-refractivity contribution >= 4 is 0 Å². The average molecular weight is 214 g/mol. The molecule has 16 heavy (non-hydrogen) atoms. The van der Waals surface area contributed by atoms with E-state index in [1.807, 2.05) is 6.07 Å². The van der Waals surface area contributed by atoms with E-state index < -0.39 is 0 Å². The van der Waals surface area contributed by atoms with Crippen molar-refractivity contribution in [2.45, 2.75) is 6.92 Å².